The molecule has 0 spiro atoms. The summed E-state index contributed by atoms with van der Waals surface area (Å²) < 4.78 is 4.78. The van der Waals surface area contributed by atoms with Gasteiger partial charge in [0.2, 0.25) is 11.8 Å². The Morgan fingerprint density at radius 2 is 1.21 bits per heavy atom. The Kier molecular flexibility index (Phi) is 12.9. The zero-order valence-electron chi connectivity index (χ0n) is 36.2. The number of carbonyl (C=O) groups is 4. The summed E-state index contributed by atoms with van der Waals surface area (Å²) in [7, 11) is 2.71. The maximum atomic E-state index is 13.9. The molecule has 2 aromatic heterocycles. The van der Waals surface area contributed by atoms with E-state index in [1.54, 1.807) is 9.80 Å². The van der Waals surface area contributed by atoms with E-state index in [0.29, 0.717) is 59.3 Å². The second-order valence-electron chi connectivity index (χ2n) is 17.6. The number of hydrogen-bond donors (Lipinski definition) is 4. The van der Waals surface area contributed by atoms with Crippen LogP contribution in [0.15, 0.2) is 60.7 Å². The fraction of sp³-hybridized carbons (Fsp3) is 0.435. The predicted octanol–water partition coefficient (Wildman–Crippen LogP) is 9.43. The fourth-order valence-corrected chi connectivity index (χ4v) is 9.50. The monoisotopic (exact) mass is 884 g/mol. The lowest BCUT2D eigenvalue weighted by Gasteiger charge is -2.33. The Morgan fingerprint density at radius 3 is 1.71 bits per heavy atom. The van der Waals surface area contributed by atoms with E-state index in [9.17, 15) is 24.3 Å². The number of aromatic nitrogens is 4. The van der Waals surface area contributed by atoms with Crippen molar-refractivity contribution in [3.63, 3.8) is 0 Å². The summed E-state index contributed by atoms with van der Waals surface area (Å²) in [6.45, 7) is 12.6. The number of amides is 4. The van der Waals surface area contributed by atoms with Crippen LogP contribution in [0, 0.1) is 23.7 Å². The molecule has 62 heavy (non-hydrogen) atoms. The van der Waals surface area contributed by atoms with Crippen LogP contribution in [-0.4, -0.2) is 103 Å². The molecule has 6 atom stereocenters. The first-order valence-electron chi connectivity index (χ1n) is 21.0. The number of carbonyl (C=O) groups excluding carboxylic acids is 3. The zero-order valence-corrected chi connectivity index (χ0v) is 37.7. The Balaban J connectivity index is 1.08. The van der Waals surface area contributed by atoms with Crippen LogP contribution in [0.25, 0.3) is 44.4 Å². The van der Waals surface area contributed by atoms with Gasteiger partial charge in [-0.25, -0.2) is 19.6 Å². The van der Waals surface area contributed by atoms with Crippen molar-refractivity contribution in [1.29, 1.82) is 0 Å². The molecule has 0 aliphatic carbocycles. The zero-order chi connectivity index (χ0) is 44.7. The molecule has 0 radical (unpaired) electrons. The second-order valence-corrected chi connectivity index (χ2v) is 18.3. The molecule has 2 aliphatic heterocycles. The standard InChI is InChI=1S/C46H54Cl2N8O6/c1-23(2)35(51-45(59)62-8)43(57)55-21-25(5)17-33(55)41-49-36(39(47)52-41)28-11-9-27(10-12-28)29-13-14-31-20-32(16-15-30(31)19-29)37-40(48)53-42(50-37)34-18-26(6)22-56(34)44(58)38(24(3)4)54(7)46(60)61/h9-16,19-20,23-26,33-35,38H,17-18,21-22H2,1-8H3,(H,49,52)(H,50,53)(H,51,59)(H,60,61)/t25?,26-,33?,34-,35-,38-/m0/s1. The van der Waals surface area contributed by atoms with Gasteiger partial charge in [0.1, 0.15) is 23.7 Å². The molecule has 16 heteroatoms. The number of hydrogen-bond acceptors (Lipinski definition) is 7. The number of aromatic amines is 2. The highest BCUT2D eigenvalue weighted by Crippen LogP contribution is 2.40. The highest BCUT2D eigenvalue weighted by molar-refractivity contribution is 6.32. The van der Waals surface area contributed by atoms with Crippen LogP contribution in [0.1, 0.15) is 78.1 Å². The van der Waals surface area contributed by atoms with Crippen LogP contribution in [-0.2, 0) is 14.3 Å². The molecule has 0 saturated carbocycles. The number of carboxylic acid groups (broad SMARTS) is 1. The molecule has 14 nitrogen and oxygen atoms in total. The number of rotatable bonds is 11. The number of ether oxygens (including phenoxy) is 1. The average molecular weight is 886 g/mol. The van der Waals surface area contributed by atoms with Gasteiger partial charge in [0, 0.05) is 31.3 Å². The maximum Gasteiger partial charge on any atom is 0.407 e. The van der Waals surface area contributed by atoms with Gasteiger partial charge in [0.05, 0.1) is 30.6 Å². The van der Waals surface area contributed by atoms with Crippen LogP contribution in [0.3, 0.4) is 0 Å². The summed E-state index contributed by atoms with van der Waals surface area (Å²) in [5.74, 6) is 0.787. The quantitative estimate of drug-likeness (QED) is 0.101. The van der Waals surface area contributed by atoms with Gasteiger partial charge >= 0.3 is 12.2 Å². The van der Waals surface area contributed by atoms with Gasteiger partial charge in [-0.1, -0.05) is 113 Å². The molecular formula is C46H54Cl2N8O6. The van der Waals surface area contributed by atoms with E-state index in [4.69, 9.17) is 27.9 Å². The third-order valence-corrected chi connectivity index (χ3v) is 12.8. The van der Waals surface area contributed by atoms with Gasteiger partial charge in [-0.2, -0.15) is 0 Å². The SMILES string of the molecule is COC(=O)N[C@H](C(=O)N1CC(C)CC1c1nc(Cl)c(-c2ccc(-c3ccc4cc(-c5[nH]c([C@@H]6C[C@H](C)CN6C(=O)[C@H](C(C)C)N(C)C(=O)O)nc5Cl)ccc4c3)cc2)[nH]1)C(C)C. The molecule has 328 valence electrons. The van der Waals surface area contributed by atoms with Crippen LogP contribution in [0.2, 0.25) is 10.3 Å². The minimum Gasteiger partial charge on any atom is -0.465 e. The van der Waals surface area contributed by atoms with E-state index in [1.165, 1.54) is 14.2 Å². The second kappa shape index (κ2) is 18.0. The maximum absolute atomic E-state index is 13.9. The Bertz CT molecular complexity index is 2480. The van der Waals surface area contributed by atoms with Crippen molar-refractivity contribution in [3.05, 3.63) is 82.6 Å². The molecule has 3 aromatic carbocycles. The van der Waals surface area contributed by atoms with Crippen LogP contribution in [0.4, 0.5) is 9.59 Å². The van der Waals surface area contributed by atoms with Crippen molar-refractivity contribution in [1.82, 2.24) is 40.0 Å². The van der Waals surface area contributed by atoms with Crippen molar-refractivity contribution in [2.45, 2.75) is 78.6 Å². The summed E-state index contributed by atoms with van der Waals surface area (Å²) in [5.41, 5.74) is 5.04. The lowest BCUT2D eigenvalue weighted by Crippen LogP contribution is -2.51. The van der Waals surface area contributed by atoms with E-state index < -0.39 is 24.3 Å². The highest BCUT2D eigenvalue weighted by Gasteiger charge is 2.43. The smallest absolute Gasteiger partial charge is 0.407 e. The minimum atomic E-state index is -1.15. The van der Waals surface area contributed by atoms with Crippen molar-refractivity contribution in [2.75, 3.05) is 27.2 Å². The van der Waals surface area contributed by atoms with E-state index in [0.717, 1.165) is 37.9 Å². The van der Waals surface area contributed by atoms with E-state index in [2.05, 4.69) is 63.4 Å². The van der Waals surface area contributed by atoms with E-state index in [1.807, 2.05) is 64.1 Å². The first-order chi connectivity index (χ1) is 29.4. The summed E-state index contributed by atoms with van der Waals surface area (Å²) in [5, 5.41) is 15.0. The number of alkyl carbamates (subject to hydrolysis) is 1. The lowest BCUT2D eigenvalue weighted by atomic mass is 9.98. The van der Waals surface area contributed by atoms with E-state index >= 15 is 0 Å². The first-order valence-corrected chi connectivity index (χ1v) is 21.8. The minimum absolute atomic E-state index is 0.151. The molecule has 0 bridgehead atoms. The molecule has 4 amide bonds. The number of likely N-dealkylation sites (N-methyl/N-ethyl adjacent to an activating group) is 1. The highest BCUT2D eigenvalue weighted by atomic mass is 35.5. The largest absolute Gasteiger partial charge is 0.465 e. The molecule has 7 rings (SSSR count). The Hall–Kier alpha value is -5.60. The molecule has 2 fully saturated rings. The molecule has 5 aromatic rings. The molecular weight excluding hydrogens is 831 g/mol. The third-order valence-electron chi connectivity index (χ3n) is 12.2. The van der Waals surface area contributed by atoms with Crippen molar-refractivity contribution in [3.8, 4) is 33.6 Å². The van der Waals surface area contributed by atoms with Crippen molar-refractivity contribution >= 4 is 58.0 Å². The van der Waals surface area contributed by atoms with Crippen molar-refractivity contribution in [2.24, 2.45) is 23.7 Å². The number of benzene rings is 3. The number of imidazole rings is 2. The number of nitrogens with one attached hydrogen (secondary N) is 3. The number of fused-ring (bicyclic) bond motifs is 1. The third kappa shape index (κ3) is 8.85. The Labute approximate surface area is 371 Å². The molecule has 2 saturated heterocycles. The van der Waals surface area contributed by atoms with Gasteiger partial charge in [-0.05, 0) is 70.5 Å². The predicted molar refractivity (Wildman–Crippen MR) is 240 cm³/mol. The van der Waals surface area contributed by atoms with Gasteiger partial charge in [0.25, 0.3) is 0 Å². The summed E-state index contributed by atoms with van der Waals surface area (Å²) in [6, 6.07) is 18.1. The first kappa shape index (κ1) is 44.5. The fourth-order valence-electron chi connectivity index (χ4n) is 9.01. The average Bonchev–Trinajstić information content (AvgIpc) is 4.03. The lowest BCUT2D eigenvalue weighted by molar-refractivity contribution is -0.138. The van der Waals surface area contributed by atoms with Crippen LogP contribution in [0.5, 0.6) is 0 Å². The number of likely N-dealkylation sites (tertiary alicyclic amines) is 2. The molecule has 2 aliphatic rings. The molecule has 4 N–H and O–H groups in total. The van der Waals surface area contributed by atoms with Crippen LogP contribution >= 0.6 is 23.2 Å². The van der Waals surface area contributed by atoms with Gasteiger partial charge in [-0.3, -0.25) is 14.5 Å². The van der Waals surface area contributed by atoms with Gasteiger partial charge in [0.15, 0.2) is 10.3 Å². The van der Waals surface area contributed by atoms with E-state index in [-0.39, 0.29) is 47.6 Å². The van der Waals surface area contributed by atoms with Gasteiger partial charge in [-0.15, -0.1) is 0 Å². The summed E-state index contributed by atoms with van der Waals surface area (Å²) >= 11 is 13.5. The Morgan fingerprint density at radius 1 is 0.742 bits per heavy atom. The summed E-state index contributed by atoms with van der Waals surface area (Å²) in [6.07, 6.45) is -0.428. The van der Waals surface area contributed by atoms with Crippen molar-refractivity contribution < 1.29 is 29.0 Å². The number of nitrogens with zero attached hydrogens (tertiary/aromatic N) is 5. The molecule has 2 unspecified atom stereocenters. The number of halogens is 2. The van der Waals surface area contributed by atoms with Gasteiger partial charge < -0.3 is 34.9 Å². The topological polar surface area (TPSA) is 177 Å². The molecule has 4 heterocycles. The normalized spacial score (nSPS) is 19.9. The number of H-pyrrole nitrogens is 2. The van der Waals surface area contributed by atoms with Crippen LogP contribution < -0.4 is 5.32 Å². The summed E-state index contributed by atoms with van der Waals surface area (Å²) in [4.78, 5) is 72.3. The number of methoxy groups -OCH3 is 1.